The Bertz CT molecular complexity index is 1250. The fourth-order valence-electron chi connectivity index (χ4n) is 2.87. The maximum Gasteiger partial charge on any atom is 0.433 e. The van der Waals surface area contributed by atoms with E-state index in [-0.39, 0.29) is 45.6 Å². The average Bonchev–Trinajstić information content (AvgIpc) is 2.71. The highest BCUT2D eigenvalue weighted by atomic mass is 35.5. The molecular formula is C22H19ClF4N4O2. The second-order valence-corrected chi connectivity index (χ2v) is 8.65. The van der Waals surface area contributed by atoms with E-state index in [0.717, 1.165) is 18.3 Å². The van der Waals surface area contributed by atoms with E-state index in [9.17, 15) is 22.8 Å². The molecule has 0 fully saturated rings. The van der Waals surface area contributed by atoms with Crippen LogP contribution < -0.4 is 11.0 Å². The van der Waals surface area contributed by atoms with Crippen LogP contribution in [0.1, 0.15) is 32.0 Å². The molecule has 1 amide bonds. The highest BCUT2D eigenvalue weighted by Crippen LogP contribution is 2.33. The minimum atomic E-state index is -4.62. The quantitative estimate of drug-likeness (QED) is 0.514. The zero-order valence-corrected chi connectivity index (χ0v) is 18.5. The molecule has 0 atom stereocenters. The fourth-order valence-corrected chi connectivity index (χ4v) is 3.12. The smallest absolute Gasteiger partial charge is 0.351 e. The summed E-state index contributed by atoms with van der Waals surface area (Å²) in [7, 11) is 0. The molecule has 0 spiro atoms. The number of pyridine rings is 1. The Morgan fingerprint density at radius 3 is 2.42 bits per heavy atom. The van der Waals surface area contributed by atoms with Crippen molar-refractivity contribution in [3.05, 3.63) is 69.1 Å². The summed E-state index contributed by atoms with van der Waals surface area (Å²) in [6.07, 6.45) is -3.70. The number of carbonyl (C=O) groups is 1. The van der Waals surface area contributed by atoms with Crippen molar-refractivity contribution >= 4 is 17.5 Å². The number of carbonyl (C=O) groups excluding carboxylic acids is 1. The minimum absolute atomic E-state index is 0.0168. The van der Waals surface area contributed by atoms with Crippen molar-refractivity contribution in [1.82, 2.24) is 20.3 Å². The van der Waals surface area contributed by atoms with Gasteiger partial charge < -0.3 is 10.3 Å². The van der Waals surface area contributed by atoms with Crippen LogP contribution in [0.25, 0.3) is 22.5 Å². The van der Waals surface area contributed by atoms with E-state index in [4.69, 9.17) is 11.6 Å². The first-order valence-corrected chi connectivity index (χ1v) is 10.1. The second kappa shape index (κ2) is 8.93. The first-order chi connectivity index (χ1) is 15.3. The van der Waals surface area contributed by atoms with Crippen LogP contribution in [0.4, 0.5) is 17.6 Å². The summed E-state index contributed by atoms with van der Waals surface area (Å²) in [6, 6.07) is 5.97. The Kier molecular flexibility index (Phi) is 6.60. The lowest BCUT2D eigenvalue weighted by molar-refractivity contribution is -0.141. The first kappa shape index (κ1) is 24.4. The topological polar surface area (TPSA) is 87.7 Å². The Morgan fingerprint density at radius 1 is 1.15 bits per heavy atom. The zero-order chi connectivity index (χ0) is 24.6. The third-order valence-electron chi connectivity index (χ3n) is 4.66. The molecule has 0 saturated carbocycles. The number of hydrogen-bond donors (Lipinski definition) is 2. The number of nitrogens with one attached hydrogen (secondary N) is 2. The summed E-state index contributed by atoms with van der Waals surface area (Å²) in [6.45, 7) is 5.03. The Labute approximate surface area is 191 Å². The average molecular weight is 483 g/mol. The molecule has 174 valence electrons. The van der Waals surface area contributed by atoms with E-state index in [1.807, 2.05) is 0 Å². The van der Waals surface area contributed by atoms with E-state index in [1.165, 1.54) is 18.2 Å². The summed E-state index contributed by atoms with van der Waals surface area (Å²) in [4.78, 5) is 33.7. The van der Waals surface area contributed by atoms with Crippen LogP contribution in [0.5, 0.6) is 0 Å². The number of aromatic nitrogens is 3. The van der Waals surface area contributed by atoms with E-state index in [1.54, 1.807) is 20.8 Å². The summed E-state index contributed by atoms with van der Waals surface area (Å²) in [5.74, 6) is -1.05. The Morgan fingerprint density at radius 2 is 1.85 bits per heavy atom. The van der Waals surface area contributed by atoms with Gasteiger partial charge in [0.2, 0.25) is 5.91 Å². The molecule has 0 aliphatic rings. The van der Waals surface area contributed by atoms with Crippen LogP contribution in [-0.2, 0) is 17.5 Å². The molecule has 0 radical (unpaired) electrons. The van der Waals surface area contributed by atoms with Crippen molar-refractivity contribution in [2.75, 3.05) is 0 Å². The van der Waals surface area contributed by atoms with Gasteiger partial charge in [-0.3, -0.25) is 9.78 Å². The zero-order valence-electron chi connectivity index (χ0n) is 17.8. The predicted molar refractivity (Wildman–Crippen MR) is 115 cm³/mol. The van der Waals surface area contributed by atoms with Crippen LogP contribution in [0, 0.1) is 11.2 Å². The molecule has 2 N–H and O–H groups in total. The first-order valence-electron chi connectivity index (χ1n) is 9.68. The van der Waals surface area contributed by atoms with Crippen LogP contribution in [0.3, 0.4) is 0 Å². The summed E-state index contributed by atoms with van der Waals surface area (Å²) >= 11 is 6.19. The van der Waals surface area contributed by atoms with Gasteiger partial charge in [0.1, 0.15) is 11.5 Å². The van der Waals surface area contributed by atoms with Crippen LogP contribution in [0.2, 0.25) is 5.02 Å². The van der Waals surface area contributed by atoms with Gasteiger partial charge in [0, 0.05) is 29.3 Å². The summed E-state index contributed by atoms with van der Waals surface area (Å²) in [5.41, 5.74) is -2.57. The molecular weight excluding hydrogens is 464 g/mol. The Hall–Kier alpha value is -3.27. The fraction of sp³-hybridized carbons (Fsp3) is 0.273. The number of halogens is 5. The number of hydrogen-bond acceptors (Lipinski definition) is 4. The number of nitrogens with zero attached hydrogens (tertiary/aromatic N) is 2. The van der Waals surface area contributed by atoms with Gasteiger partial charge in [0.05, 0.1) is 22.0 Å². The molecule has 0 aliphatic carbocycles. The third-order valence-corrected chi connectivity index (χ3v) is 4.97. The number of aromatic amines is 1. The molecule has 2 heterocycles. The minimum Gasteiger partial charge on any atom is -0.351 e. The number of benzene rings is 1. The molecule has 6 nitrogen and oxygen atoms in total. The number of rotatable bonds is 4. The molecule has 33 heavy (non-hydrogen) atoms. The highest BCUT2D eigenvalue weighted by molar-refractivity contribution is 6.33. The lowest BCUT2D eigenvalue weighted by Gasteiger charge is -2.18. The van der Waals surface area contributed by atoms with Gasteiger partial charge in [-0.15, -0.1) is 0 Å². The third kappa shape index (κ3) is 5.57. The molecule has 0 saturated heterocycles. The van der Waals surface area contributed by atoms with Crippen molar-refractivity contribution in [1.29, 1.82) is 0 Å². The molecule has 0 aliphatic heterocycles. The van der Waals surface area contributed by atoms with Crippen molar-refractivity contribution < 1.29 is 22.4 Å². The predicted octanol–water partition coefficient (Wildman–Crippen LogP) is 4.97. The molecule has 3 aromatic rings. The number of H-pyrrole nitrogens is 1. The molecule has 1 aromatic carbocycles. The molecule has 0 unspecified atom stereocenters. The summed E-state index contributed by atoms with van der Waals surface area (Å²) in [5, 5.41) is 2.62. The van der Waals surface area contributed by atoms with Crippen molar-refractivity contribution in [2.24, 2.45) is 5.41 Å². The van der Waals surface area contributed by atoms with Gasteiger partial charge in [-0.05, 0) is 24.3 Å². The lowest BCUT2D eigenvalue weighted by Crippen LogP contribution is -2.34. The maximum absolute atomic E-state index is 15.3. The van der Waals surface area contributed by atoms with Crippen LogP contribution >= 0.6 is 11.6 Å². The number of alkyl halides is 3. The van der Waals surface area contributed by atoms with Gasteiger partial charge >= 0.3 is 11.9 Å². The van der Waals surface area contributed by atoms with E-state index < -0.39 is 28.8 Å². The van der Waals surface area contributed by atoms with Gasteiger partial charge in [-0.2, -0.15) is 18.2 Å². The van der Waals surface area contributed by atoms with Crippen molar-refractivity contribution in [3.63, 3.8) is 0 Å². The SMILES string of the molecule is CC(C)(C)C(=O)NCc1ccc(Cl)c(-c2cc(-c3ccc(C(F)(F)F)nc3)nc(=O)[nH]2)c1F. The van der Waals surface area contributed by atoms with E-state index in [2.05, 4.69) is 20.3 Å². The standard InChI is InChI=1S/C22H19ClF4N4O2/c1-21(2,3)19(32)29-10-12-4-6-13(23)17(18(12)24)15-8-14(30-20(33)31-15)11-5-7-16(28-9-11)22(25,26)27/h4-9H,10H2,1-3H3,(H,29,32)(H,30,31,33). The molecule has 0 bridgehead atoms. The molecule has 2 aromatic heterocycles. The maximum atomic E-state index is 15.3. The van der Waals surface area contributed by atoms with Gasteiger partial charge in [0.15, 0.2) is 0 Å². The molecule has 11 heteroatoms. The highest BCUT2D eigenvalue weighted by Gasteiger charge is 2.32. The van der Waals surface area contributed by atoms with Gasteiger partial charge in [0.25, 0.3) is 0 Å². The van der Waals surface area contributed by atoms with Crippen LogP contribution in [0.15, 0.2) is 41.3 Å². The van der Waals surface area contributed by atoms with E-state index in [0.29, 0.717) is 0 Å². The van der Waals surface area contributed by atoms with Crippen LogP contribution in [-0.4, -0.2) is 20.9 Å². The van der Waals surface area contributed by atoms with Crippen molar-refractivity contribution in [3.8, 4) is 22.5 Å². The Balaban J connectivity index is 2.01. The van der Waals surface area contributed by atoms with Crippen molar-refractivity contribution in [2.45, 2.75) is 33.5 Å². The van der Waals surface area contributed by atoms with E-state index >= 15 is 4.39 Å². The van der Waals surface area contributed by atoms with Gasteiger partial charge in [-0.25, -0.2) is 9.18 Å². The summed E-state index contributed by atoms with van der Waals surface area (Å²) < 4.78 is 53.6. The second-order valence-electron chi connectivity index (χ2n) is 8.24. The largest absolute Gasteiger partial charge is 0.433 e. The normalized spacial score (nSPS) is 12.0. The van der Waals surface area contributed by atoms with Gasteiger partial charge in [-0.1, -0.05) is 38.4 Å². The lowest BCUT2D eigenvalue weighted by atomic mass is 9.95. The monoisotopic (exact) mass is 482 g/mol. The molecule has 3 rings (SSSR count). The number of amides is 1.